The Labute approximate surface area is 146 Å². The Morgan fingerprint density at radius 1 is 1.16 bits per heavy atom. The Bertz CT molecular complexity index is 762. The first-order valence-corrected chi connectivity index (χ1v) is 7.83. The molecule has 0 fully saturated rings. The minimum atomic E-state index is -0.437. The van der Waals surface area contributed by atoms with E-state index < -0.39 is 4.92 Å². The van der Waals surface area contributed by atoms with Gasteiger partial charge in [0.05, 0.1) is 18.1 Å². The van der Waals surface area contributed by atoms with E-state index in [1.807, 2.05) is 24.3 Å². The van der Waals surface area contributed by atoms with Crippen LogP contribution < -0.4 is 10.6 Å². The molecule has 0 saturated carbocycles. The molecule has 0 aromatic heterocycles. The van der Waals surface area contributed by atoms with Crippen molar-refractivity contribution in [3.05, 3.63) is 69.3 Å². The van der Waals surface area contributed by atoms with Crippen LogP contribution in [-0.4, -0.2) is 24.5 Å². The van der Waals surface area contributed by atoms with E-state index >= 15 is 0 Å². The molecule has 2 rings (SSSR count). The van der Waals surface area contributed by atoms with Crippen molar-refractivity contribution in [2.45, 2.75) is 20.1 Å². The zero-order chi connectivity index (χ0) is 18.2. The van der Waals surface area contributed by atoms with Gasteiger partial charge in [0.2, 0.25) is 5.91 Å². The third-order valence-corrected chi connectivity index (χ3v) is 3.84. The van der Waals surface area contributed by atoms with Crippen molar-refractivity contribution < 1.29 is 14.5 Å². The fourth-order valence-corrected chi connectivity index (χ4v) is 2.47. The Morgan fingerprint density at radius 2 is 1.88 bits per heavy atom. The van der Waals surface area contributed by atoms with Gasteiger partial charge in [0.1, 0.15) is 0 Å². The number of hydrogen-bond donors (Lipinski definition) is 2. The summed E-state index contributed by atoms with van der Waals surface area (Å²) in [5.41, 5.74) is 3.12. The number of ether oxygens (including phenoxy) is 1. The predicted octanol–water partition coefficient (Wildman–Crippen LogP) is 2.78. The number of nitro benzene ring substituents is 1. The number of anilines is 1. The summed E-state index contributed by atoms with van der Waals surface area (Å²) < 4.78 is 5.14. The Hall–Kier alpha value is -2.93. The van der Waals surface area contributed by atoms with Gasteiger partial charge in [-0.2, -0.15) is 0 Å². The van der Waals surface area contributed by atoms with Crippen LogP contribution in [0.4, 0.5) is 11.4 Å². The molecule has 0 aliphatic rings. The van der Waals surface area contributed by atoms with Crippen molar-refractivity contribution in [3.63, 3.8) is 0 Å². The second-order valence-electron chi connectivity index (χ2n) is 5.54. The summed E-state index contributed by atoms with van der Waals surface area (Å²) in [6.07, 6.45) is 0. The molecule has 7 nitrogen and oxygen atoms in total. The van der Waals surface area contributed by atoms with Crippen LogP contribution in [0.3, 0.4) is 0 Å². The van der Waals surface area contributed by atoms with Gasteiger partial charge in [-0.25, -0.2) is 0 Å². The summed E-state index contributed by atoms with van der Waals surface area (Å²) in [5.74, 6) is -0.196. The molecule has 0 aliphatic heterocycles. The maximum Gasteiger partial charge on any atom is 0.274 e. The highest BCUT2D eigenvalue weighted by molar-refractivity contribution is 5.81. The van der Waals surface area contributed by atoms with E-state index in [9.17, 15) is 14.9 Å². The summed E-state index contributed by atoms with van der Waals surface area (Å²) in [6, 6.07) is 12.5. The van der Waals surface area contributed by atoms with E-state index in [1.54, 1.807) is 26.2 Å². The van der Waals surface area contributed by atoms with Crippen molar-refractivity contribution in [1.29, 1.82) is 0 Å². The topological polar surface area (TPSA) is 93.5 Å². The molecule has 2 aromatic carbocycles. The second kappa shape index (κ2) is 8.79. The molecule has 0 heterocycles. The van der Waals surface area contributed by atoms with Crippen molar-refractivity contribution in [2.75, 3.05) is 19.0 Å². The van der Waals surface area contributed by atoms with E-state index in [0.29, 0.717) is 24.4 Å². The first kappa shape index (κ1) is 18.4. The lowest BCUT2D eigenvalue weighted by Crippen LogP contribution is -2.29. The number of nitrogens with zero attached hydrogens (tertiary/aromatic N) is 1. The average molecular weight is 343 g/mol. The molecular weight excluding hydrogens is 322 g/mol. The molecule has 2 N–H and O–H groups in total. The molecule has 2 aromatic rings. The van der Waals surface area contributed by atoms with Crippen molar-refractivity contribution in [3.8, 4) is 0 Å². The summed E-state index contributed by atoms with van der Waals surface area (Å²) in [6.45, 7) is 2.57. The quantitative estimate of drug-likeness (QED) is 0.568. The van der Waals surface area contributed by atoms with E-state index in [2.05, 4.69) is 10.6 Å². The van der Waals surface area contributed by atoms with Gasteiger partial charge in [0.25, 0.3) is 5.69 Å². The number of rotatable bonds is 8. The lowest BCUT2D eigenvalue weighted by Gasteiger charge is -2.12. The molecule has 0 aliphatic carbocycles. The molecule has 1 amide bonds. The lowest BCUT2D eigenvalue weighted by molar-refractivity contribution is -0.385. The summed E-state index contributed by atoms with van der Waals surface area (Å²) in [4.78, 5) is 22.6. The van der Waals surface area contributed by atoms with Crippen molar-refractivity contribution in [1.82, 2.24) is 5.32 Å². The smallest absolute Gasteiger partial charge is 0.274 e. The van der Waals surface area contributed by atoms with Crippen LogP contribution in [0.15, 0.2) is 42.5 Å². The number of carbonyl (C=O) groups is 1. The van der Waals surface area contributed by atoms with Crippen molar-refractivity contribution >= 4 is 17.3 Å². The van der Waals surface area contributed by atoms with Crippen LogP contribution in [-0.2, 0) is 22.7 Å². The lowest BCUT2D eigenvalue weighted by atomic mass is 10.1. The van der Waals surface area contributed by atoms with E-state index in [4.69, 9.17) is 4.74 Å². The Kier molecular flexibility index (Phi) is 6.47. The minimum absolute atomic E-state index is 0.0268. The van der Waals surface area contributed by atoms with Gasteiger partial charge in [0, 0.05) is 31.0 Å². The minimum Gasteiger partial charge on any atom is -0.380 e. The van der Waals surface area contributed by atoms with Crippen LogP contribution in [0.2, 0.25) is 0 Å². The monoisotopic (exact) mass is 343 g/mol. The van der Waals surface area contributed by atoms with Gasteiger partial charge in [-0.15, -0.1) is 0 Å². The maximum absolute atomic E-state index is 12.1. The second-order valence-corrected chi connectivity index (χ2v) is 5.54. The van der Waals surface area contributed by atoms with Gasteiger partial charge in [-0.05, 0) is 24.1 Å². The molecule has 0 saturated heterocycles. The number of hydrogen-bond acceptors (Lipinski definition) is 5. The Balaban J connectivity index is 1.92. The first-order valence-electron chi connectivity index (χ1n) is 7.83. The SMILES string of the molecule is COCc1ccccc1CNC(=O)CNc1cccc([N+](=O)[O-])c1C. The van der Waals surface area contributed by atoms with Crippen LogP contribution >= 0.6 is 0 Å². The zero-order valence-electron chi connectivity index (χ0n) is 14.2. The van der Waals surface area contributed by atoms with Gasteiger partial charge in [-0.1, -0.05) is 30.3 Å². The molecule has 0 bridgehead atoms. The van der Waals surface area contributed by atoms with Crippen LogP contribution in [0.25, 0.3) is 0 Å². The van der Waals surface area contributed by atoms with Gasteiger partial charge < -0.3 is 15.4 Å². The van der Waals surface area contributed by atoms with Crippen LogP contribution in [0.1, 0.15) is 16.7 Å². The molecule has 132 valence electrons. The molecular formula is C18H21N3O4. The van der Waals surface area contributed by atoms with Crippen LogP contribution in [0.5, 0.6) is 0 Å². The fraction of sp³-hybridized carbons (Fsp3) is 0.278. The molecule has 7 heteroatoms. The standard InChI is InChI=1S/C18H21N3O4/c1-13-16(8-5-9-17(13)21(23)24)19-11-18(22)20-10-14-6-3-4-7-15(14)12-25-2/h3-9,19H,10-12H2,1-2H3,(H,20,22). The number of carbonyl (C=O) groups excluding carboxylic acids is 1. The third kappa shape index (κ3) is 5.02. The number of methoxy groups -OCH3 is 1. The zero-order valence-corrected chi connectivity index (χ0v) is 14.2. The number of amides is 1. The van der Waals surface area contributed by atoms with E-state index in [-0.39, 0.29) is 18.1 Å². The molecule has 0 radical (unpaired) electrons. The van der Waals surface area contributed by atoms with E-state index in [1.165, 1.54) is 6.07 Å². The first-order chi connectivity index (χ1) is 12.0. The normalized spacial score (nSPS) is 10.3. The van der Waals surface area contributed by atoms with Gasteiger partial charge in [0.15, 0.2) is 0 Å². The third-order valence-electron chi connectivity index (χ3n) is 3.84. The largest absolute Gasteiger partial charge is 0.380 e. The molecule has 25 heavy (non-hydrogen) atoms. The van der Waals surface area contributed by atoms with Gasteiger partial charge in [-0.3, -0.25) is 14.9 Å². The summed E-state index contributed by atoms with van der Waals surface area (Å²) >= 11 is 0. The highest BCUT2D eigenvalue weighted by atomic mass is 16.6. The average Bonchev–Trinajstić information content (AvgIpc) is 2.60. The predicted molar refractivity (Wildman–Crippen MR) is 95.3 cm³/mol. The number of nitrogens with one attached hydrogen (secondary N) is 2. The Morgan fingerprint density at radius 3 is 2.56 bits per heavy atom. The number of nitro groups is 1. The summed E-state index contributed by atoms with van der Waals surface area (Å²) in [5, 5.41) is 16.7. The molecule has 0 spiro atoms. The highest BCUT2D eigenvalue weighted by Crippen LogP contribution is 2.24. The highest BCUT2D eigenvalue weighted by Gasteiger charge is 2.13. The van der Waals surface area contributed by atoms with Gasteiger partial charge >= 0.3 is 0 Å². The summed E-state index contributed by atoms with van der Waals surface area (Å²) in [7, 11) is 1.63. The fourth-order valence-electron chi connectivity index (χ4n) is 2.47. The number of benzene rings is 2. The van der Waals surface area contributed by atoms with E-state index in [0.717, 1.165) is 11.1 Å². The van der Waals surface area contributed by atoms with Crippen LogP contribution in [0, 0.1) is 17.0 Å². The molecule has 0 atom stereocenters. The molecule has 0 unspecified atom stereocenters. The maximum atomic E-state index is 12.1. The van der Waals surface area contributed by atoms with Crippen molar-refractivity contribution in [2.24, 2.45) is 0 Å².